The largest absolute Gasteiger partial charge is 0.481 e. The van der Waals surface area contributed by atoms with Crippen molar-refractivity contribution < 1.29 is 32.7 Å². The Kier molecular flexibility index (Phi) is 7.44. The van der Waals surface area contributed by atoms with Gasteiger partial charge in [-0.1, -0.05) is 29.6 Å². The number of amides is 1. The van der Waals surface area contributed by atoms with Crippen LogP contribution in [-0.2, 0) is 11.0 Å². The van der Waals surface area contributed by atoms with Gasteiger partial charge in [-0.15, -0.1) is 0 Å². The zero-order valence-electron chi connectivity index (χ0n) is 21.8. The molecule has 13 heteroatoms. The number of hydrogen-bond donors (Lipinski definition) is 1. The highest BCUT2D eigenvalue weighted by Gasteiger charge is 2.52. The van der Waals surface area contributed by atoms with Crippen LogP contribution in [0.5, 0.6) is 0 Å². The normalized spacial score (nSPS) is 24.3. The average Bonchev–Trinajstić information content (AvgIpc) is 3.27. The second-order valence-corrected chi connectivity index (χ2v) is 12.5. The summed E-state index contributed by atoms with van der Waals surface area (Å²) in [6, 6.07) is -1.12. The maximum Gasteiger partial charge on any atom is 0.433 e. The number of pyridine rings is 1. The Labute approximate surface area is 238 Å². The fraction of sp³-hybridized carbons (Fsp3) is 0.593. The minimum atomic E-state index is -4.91. The second kappa shape index (κ2) is 10.3. The first kappa shape index (κ1) is 28.9. The Bertz CT molecular complexity index is 1320. The number of halogens is 5. The highest BCUT2D eigenvalue weighted by atomic mass is 35.5. The third-order valence-electron chi connectivity index (χ3n) is 9.11. The zero-order valence-corrected chi connectivity index (χ0v) is 23.3. The molecule has 0 atom stereocenters. The fourth-order valence-electron chi connectivity index (χ4n) is 6.45. The molecule has 8 nitrogen and oxygen atoms in total. The molecular weight excluding hydrogens is 572 g/mol. The summed E-state index contributed by atoms with van der Waals surface area (Å²) in [6.07, 6.45) is 3.47. The van der Waals surface area contributed by atoms with Crippen LogP contribution in [0.15, 0.2) is 18.6 Å². The zero-order chi connectivity index (χ0) is 29.0. The number of carboxylic acid groups (broad SMARTS) is 1. The van der Waals surface area contributed by atoms with Gasteiger partial charge in [0.1, 0.15) is 0 Å². The Morgan fingerprint density at radius 2 is 1.68 bits per heavy atom. The molecule has 0 aliphatic heterocycles. The Morgan fingerprint density at radius 3 is 2.17 bits per heavy atom. The molecule has 0 radical (unpaired) electrons. The third-order valence-corrected chi connectivity index (χ3v) is 9.69. The highest BCUT2D eigenvalue weighted by molar-refractivity contribution is 6.39. The molecule has 3 aliphatic carbocycles. The number of ketones is 1. The van der Waals surface area contributed by atoms with Crippen molar-refractivity contribution in [3.8, 4) is 0 Å². The summed E-state index contributed by atoms with van der Waals surface area (Å²) in [7, 11) is 0. The molecule has 1 amide bonds. The number of aromatic nitrogens is 3. The van der Waals surface area contributed by atoms with Crippen LogP contribution in [0.3, 0.4) is 0 Å². The van der Waals surface area contributed by atoms with E-state index in [4.69, 9.17) is 23.2 Å². The number of aliphatic carboxylic acids is 1. The van der Waals surface area contributed by atoms with Crippen LogP contribution in [-0.4, -0.2) is 55.0 Å². The maximum absolute atomic E-state index is 14.5. The van der Waals surface area contributed by atoms with Crippen molar-refractivity contribution in [2.75, 3.05) is 6.54 Å². The SMILES string of the molecule is C[C@]1(C(=O)O)CC[C@H](n2ncc(C(=O)N(CC(=O)c3c(Cl)cncc3Cl)C3CC4(CCC4)C3)c2C(F)(F)F)CC1. The first-order valence-electron chi connectivity index (χ1n) is 13.3. The minimum Gasteiger partial charge on any atom is -0.481 e. The van der Waals surface area contributed by atoms with Gasteiger partial charge in [-0.3, -0.25) is 24.0 Å². The lowest BCUT2D eigenvalue weighted by Crippen LogP contribution is -2.56. The van der Waals surface area contributed by atoms with Crippen molar-refractivity contribution in [1.29, 1.82) is 0 Å². The lowest BCUT2D eigenvalue weighted by molar-refractivity contribution is -0.152. The van der Waals surface area contributed by atoms with E-state index in [9.17, 15) is 32.7 Å². The van der Waals surface area contributed by atoms with Gasteiger partial charge in [-0.05, 0) is 63.7 Å². The third kappa shape index (κ3) is 5.11. The van der Waals surface area contributed by atoms with Crippen LogP contribution in [0, 0.1) is 10.8 Å². The van der Waals surface area contributed by atoms with E-state index < -0.39 is 59.1 Å². The standard InChI is InChI=1S/C27H29Cl2F3N4O4/c1-25(24(39)40)7-3-15(4-8-25)36-22(27(30,31)32)17(11-34-36)23(38)35(16-9-26(10-16)5-2-6-26)14-20(37)21-18(28)12-33-13-19(21)29/h11-13,15-16H,2-10,14H2,1H3,(H,39,40)/t15-,25-. The number of carbonyl (C=O) groups is 3. The summed E-state index contributed by atoms with van der Waals surface area (Å²) < 4.78 is 44.3. The van der Waals surface area contributed by atoms with Gasteiger partial charge in [0, 0.05) is 18.4 Å². The van der Waals surface area contributed by atoms with Crippen molar-refractivity contribution >= 4 is 40.9 Å². The first-order chi connectivity index (χ1) is 18.7. The summed E-state index contributed by atoms with van der Waals surface area (Å²) in [4.78, 5) is 43.8. The quantitative estimate of drug-likeness (QED) is 0.365. The van der Waals surface area contributed by atoms with Gasteiger partial charge in [-0.2, -0.15) is 18.3 Å². The summed E-state index contributed by atoms with van der Waals surface area (Å²) in [5, 5.41) is 13.5. The van der Waals surface area contributed by atoms with E-state index >= 15 is 0 Å². The summed E-state index contributed by atoms with van der Waals surface area (Å²) >= 11 is 12.3. The minimum absolute atomic E-state index is 0.0107. The average molecular weight is 601 g/mol. The number of carbonyl (C=O) groups excluding carboxylic acids is 2. The van der Waals surface area contributed by atoms with Gasteiger partial charge >= 0.3 is 12.1 Å². The molecule has 1 N–H and O–H groups in total. The fourth-order valence-corrected chi connectivity index (χ4v) is 7.03. The molecule has 2 heterocycles. The van der Waals surface area contributed by atoms with E-state index in [-0.39, 0.29) is 46.7 Å². The van der Waals surface area contributed by atoms with Crippen LogP contribution < -0.4 is 0 Å². The van der Waals surface area contributed by atoms with Crippen molar-refractivity contribution in [2.24, 2.45) is 10.8 Å². The lowest BCUT2D eigenvalue weighted by Gasteiger charge is -2.57. The van der Waals surface area contributed by atoms with Crippen LogP contribution in [0.25, 0.3) is 0 Å². The number of nitrogens with zero attached hydrogens (tertiary/aromatic N) is 4. The number of carboxylic acids is 1. The van der Waals surface area contributed by atoms with E-state index in [2.05, 4.69) is 10.1 Å². The van der Waals surface area contributed by atoms with Crippen LogP contribution in [0.1, 0.15) is 97.2 Å². The van der Waals surface area contributed by atoms with Gasteiger partial charge in [0.05, 0.1) is 45.4 Å². The number of Topliss-reactive ketones (excluding diaryl/α,β-unsaturated/α-hetero) is 1. The molecule has 2 aromatic rings. The van der Waals surface area contributed by atoms with Crippen LogP contribution in [0.4, 0.5) is 13.2 Å². The molecule has 0 saturated heterocycles. The molecule has 0 bridgehead atoms. The van der Waals surface area contributed by atoms with E-state index in [1.165, 1.54) is 17.3 Å². The Morgan fingerprint density at radius 1 is 1.07 bits per heavy atom. The monoisotopic (exact) mass is 600 g/mol. The molecule has 216 valence electrons. The molecule has 0 unspecified atom stereocenters. The van der Waals surface area contributed by atoms with Gasteiger partial charge in [-0.25, -0.2) is 0 Å². The van der Waals surface area contributed by atoms with E-state index in [1.54, 1.807) is 6.92 Å². The predicted molar refractivity (Wildman–Crippen MR) is 139 cm³/mol. The van der Waals surface area contributed by atoms with Crippen molar-refractivity contribution in [3.63, 3.8) is 0 Å². The van der Waals surface area contributed by atoms with E-state index in [1.807, 2.05) is 0 Å². The molecule has 1 spiro atoms. The van der Waals surface area contributed by atoms with E-state index in [0.29, 0.717) is 12.8 Å². The van der Waals surface area contributed by atoms with Crippen LogP contribution in [0.2, 0.25) is 10.0 Å². The van der Waals surface area contributed by atoms with Gasteiger partial charge in [0.15, 0.2) is 11.5 Å². The topological polar surface area (TPSA) is 105 Å². The van der Waals surface area contributed by atoms with E-state index in [0.717, 1.165) is 30.1 Å². The molecule has 40 heavy (non-hydrogen) atoms. The first-order valence-corrected chi connectivity index (χ1v) is 14.0. The van der Waals surface area contributed by atoms with Crippen LogP contribution >= 0.6 is 23.2 Å². The molecule has 0 aromatic carbocycles. The number of rotatable bonds is 7. The number of alkyl halides is 3. The molecule has 3 fully saturated rings. The Hall–Kier alpha value is -2.66. The van der Waals surface area contributed by atoms with Crippen molar-refractivity contribution in [2.45, 2.75) is 83.0 Å². The van der Waals surface area contributed by atoms with Crippen molar-refractivity contribution in [1.82, 2.24) is 19.7 Å². The highest BCUT2D eigenvalue weighted by Crippen LogP contribution is 2.57. The van der Waals surface area contributed by atoms with Gasteiger partial charge in [0.25, 0.3) is 5.91 Å². The summed E-state index contributed by atoms with van der Waals surface area (Å²) in [6.45, 7) is 1.09. The van der Waals surface area contributed by atoms with Gasteiger partial charge in [0.2, 0.25) is 0 Å². The summed E-state index contributed by atoms with van der Waals surface area (Å²) in [5.74, 6) is -2.52. The Balaban J connectivity index is 1.46. The van der Waals surface area contributed by atoms with Crippen molar-refractivity contribution in [3.05, 3.63) is 45.5 Å². The molecule has 3 aliphatic rings. The number of hydrogen-bond acceptors (Lipinski definition) is 5. The second-order valence-electron chi connectivity index (χ2n) is 11.7. The summed E-state index contributed by atoms with van der Waals surface area (Å²) in [5.41, 5.74) is -2.79. The molecule has 2 aromatic heterocycles. The lowest BCUT2D eigenvalue weighted by atomic mass is 9.54. The van der Waals surface area contributed by atoms with Gasteiger partial charge < -0.3 is 10.0 Å². The smallest absolute Gasteiger partial charge is 0.433 e. The molecule has 3 saturated carbocycles. The molecule has 5 rings (SSSR count). The molecular formula is C27H29Cl2F3N4O4. The maximum atomic E-state index is 14.5. The predicted octanol–water partition coefficient (Wildman–Crippen LogP) is 6.47.